The highest BCUT2D eigenvalue weighted by atomic mass is 19.1. The Kier molecular flexibility index (Phi) is 19.1. The summed E-state index contributed by atoms with van der Waals surface area (Å²) in [4.78, 5) is 24.6. The van der Waals surface area contributed by atoms with Crippen LogP contribution in [-0.2, 0) is 4.74 Å². The number of benzene rings is 2. The van der Waals surface area contributed by atoms with E-state index >= 15 is 0 Å². The van der Waals surface area contributed by atoms with Crippen LogP contribution in [0, 0.1) is 11.7 Å². The first-order valence-corrected chi connectivity index (χ1v) is 16.9. The molecule has 0 saturated carbocycles. The van der Waals surface area contributed by atoms with Crippen LogP contribution in [-0.4, -0.2) is 25.2 Å². The van der Waals surface area contributed by atoms with Crippen LogP contribution in [0.2, 0.25) is 0 Å². The van der Waals surface area contributed by atoms with Crippen molar-refractivity contribution in [3.05, 3.63) is 59.4 Å². The van der Waals surface area contributed by atoms with E-state index in [9.17, 15) is 14.0 Å². The van der Waals surface area contributed by atoms with Gasteiger partial charge in [-0.3, -0.25) is 0 Å². The highest BCUT2D eigenvalue weighted by Gasteiger charge is 2.17. The van der Waals surface area contributed by atoms with Gasteiger partial charge in [0.15, 0.2) is 0 Å². The lowest BCUT2D eigenvalue weighted by Gasteiger charge is -2.11. The van der Waals surface area contributed by atoms with Gasteiger partial charge in [-0.1, -0.05) is 124 Å². The molecular weight excluding hydrogens is 543 g/mol. The molecule has 0 bridgehead atoms. The molecule has 0 amide bonds. The molecule has 240 valence electrons. The molecule has 0 N–H and O–H groups in total. The third-order valence-corrected chi connectivity index (χ3v) is 7.92. The Morgan fingerprint density at radius 1 is 0.674 bits per heavy atom. The number of unbranched alkanes of at least 4 members (excludes halogenated alkanes) is 15. The van der Waals surface area contributed by atoms with Crippen LogP contribution in [0.25, 0.3) is 0 Å². The Labute approximate surface area is 259 Å². The number of carbonyl (C=O) groups excluding carboxylic acids is 2. The minimum Gasteiger partial charge on any atom is -0.494 e. The minimum atomic E-state index is -0.794. The van der Waals surface area contributed by atoms with Gasteiger partial charge >= 0.3 is 11.9 Å². The lowest BCUT2D eigenvalue weighted by molar-refractivity contribution is 0.0441. The molecule has 0 saturated heterocycles. The first-order valence-electron chi connectivity index (χ1n) is 16.9. The fourth-order valence-corrected chi connectivity index (χ4v) is 4.83. The quantitative estimate of drug-likeness (QED) is 0.0683. The Hall–Kier alpha value is -2.89. The van der Waals surface area contributed by atoms with Gasteiger partial charge in [-0.2, -0.15) is 0 Å². The van der Waals surface area contributed by atoms with E-state index in [1.807, 2.05) is 13.8 Å². The van der Waals surface area contributed by atoms with Crippen molar-refractivity contribution in [1.29, 1.82) is 0 Å². The van der Waals surface area contributed by atoms with Crippen LogP contribution in [0.3, 0.4) is 0 Å². The summed E-state index contributed by atoms with van der Waals surface area (Å²) in [7, 11) is 0. The smallest absolute Gasteiger partial charge is 0.343 e. The third-order valence-electron chi connectivity index (χ3n) is 7.92. The van der Waals surface area contributed by atoms with E-state index in [-0.39, 0.29) is 23.8 Å². The normalized spacial score (nSPS) is 11.7. The number of hydrogen-bond acceptors (Lipinski definition) is 5. The summed E-state index contributed by atoms with van der Waals surface area (Å²) in [6.07, 6.45) is 22.2. The molecule has 0 aliphatic rings. The van der Waals surface area contributed by atoms with Crippen LogP contribution in [0.5, 0.6) is 11.5 Å². The van der Waals surface area contributed by atoms with Crippen LogP contribution in [0.15, 0.2) is 42.5 Å². The molecule has 2 rings (SSSR count). The average molecular weight is 599 g/mol. The summed E-state index contributed by atoms with van der Waals surface area (Å²) < 4.78 is 30.7. The monoisotopic (exact) mass is 598 g/mol. The molecular formula is C37H55FO5. The van der Waals surface area contributed by atoms with E-state index in [2.05, 4.69) is 6.92 Å². The highest BCUT2D eigenvalue weighted by Crippen LogP contribution is 2.21. The second kappa shape index (κ2) is 22.6. The molecule has 43 heavy (non-hydrogen) atoms. The van der Waals surface area contributed by atoms with Gasteiger partial charge in [-0.05, 0) is 48.7 Å². The number of hydrogen-bond donors (Lipinski definition) is 0. The second-order valence-electron chi connectivity index (χ2n) is 11.8. The van der Waals surface area contributed by atoms with Gasteiger partial charge in [0.25, 0.3) is 0 Å². The van der Waals surface area contributed by atoms with E-state index in [1.165, 1.54) is 102 Å². The molecule has 1 atom stereocenters. The number of ether oxygens (including phenoxy) is 3. The fraction of sp³-hybridized carbons (Fsp3) is 0.622. The first kappa shape index (κ1) is 36.3. The zero-order chi connectivity index (χ0) is 31.1. The summed E-state index contributed by atoms with van der Waals surface area (Å²) in [6.45, 7) is 7.09. The number of halogens is 1. The molecule has 0 aliphatic carbocycles. The maximum absolute atomic E-state index is 14.5. The Morgan fingerprint density at radius 2 is 1.19 bits per heavy atom. The van der Waals surface area contributed by atoms with Crippen molar-refractivity contribution in [3.63, 3.8) is 0 Å². The standard InChI is InChI=1S/C37H55FO5/c1-4-6-7-8-9-10-11-12-13-14-15-16-17-18-19-20-27-41-32-23-21-31(22-24-32)36(39)43-33-25-26-34(35(38)28-33)37(40)42-29-30(3)5-2/h21-26,28,30H,4-20,27,29H2,1-3H3/t30-/m0/s1. The first-order chi connectivity index (χ1) is 20.9. The number of rotatable bonds is 24. The van der Waals surface area contributed by atoms with Gasteiger partial charge in [0, 0.05) is 6.07 Å². The zero-order valence-electron chi connectivity index (χ0n) is 27.0. The third kappa shape index (κ3) is 16.0. The molecule has 2 aromatic carbocycles. The Balaban J connectivity index is 1.54. The predicted octanol–water partition coefficient (Wildman–Crippen LogP) is 10.9. The van der Waals surface area contributed by atoms with Crippen LogP contribution in [0.4, 0.5) is 4.39 Å². The van der Waals surface area contributed by atoms with Crippen molar-refractivity contribution < 1.29 is 28.2 Å². The highest BCUT2D eigenvalue weighted by molar-refractivity contribution is 5.92. The summed E-state index contributed by atoms with van der Waals surface area (Å²) in [5, 5.41) is 0. The lowest BCUT2D eigenvalue weighted by Crippen LogP contribution is -2.13. The zero-order valence-corrected chi connectivity index (χ0v) is 27.0. The van der Waals surface area contributed by atoms with Crippen molar-refractivity contribution >= 4 is 11.9 Å². The van der Waals surface area contributed by atoms with Gasteiger partial charge in [-0.25, -0.2) is 14.0 Å². The Morgan fingerprint density at radius 3 is 1.70 bits per heavy atom. The summed E-state index contributed by atoms with van der Waals surface area (Å²) in [5.41, 5.74) is 0.140. The topological polar surface area (TPSA) is 61.8 Å². The van der Waals surface area contributed by atoms with Crippen LogP contribution in [0.1, 0.15) is 151 Å². The maximum Gasteiger partial charge on any atom is 0.343 e. The van der Waals surface area contributed by atoms with Gasteiger partial charge < -0.3 is 14.2 Å². The van der Waals surface area contributed by atoms with E-state index in [0.29, 0.717) is 17.9 Å². The van der Waals surface area contributed by atoms with Crippen molar-refractivity contribution in [2.45, 2.75) is 130 Å². The van der Waals surface area contributed by atoms with Gasteiger partial charge in [0.1, 0.15) is 17.3 Å². The van der Waals surface area contributed by atoms with Gasteiger partial charge in [0.05, 0.1) is 24.3 Å². The Bertz CT molecular complexity index is 1040. The van der Waals surface area contributed by atoms with E-state index in [0.717, 1.165) is 25.3 Å². The van der Waals surface area contributed by atoms with Crippen molar-refractivity contribution in [2.24, 2.45) is 5.92 Å². The van der Waals surface area contributed by atoms with Gasteiger partial charge in [0.2, 0.25) is 0 Å². The molecule has 0 unspecified atom stereocenters. The van der Waals surface area contributed by atoms with Crippen molar-refractivity contribution in [1.82, 2.24) is 0 Å². The van der Waals surface area contributed by atoms with Crippen molar-refractivity contribution in [3.8, 4) is 11.5 Å². The second-order valence-corrected chi connectivity index (χ2v) is 11.8. The molecule has 0 heterocycles. The van der Waals surface area contributed by atoms with E-state index < -0.39 is 17.8 Å². The average Bonchev–Trinajstić information content (AvgIpc) is 3.01. The lowest BCUT2D eigenvalue weighted by atomic mass is 10.0. The predicted molar refractivity (Wildman–Crippen MR) is 173 cm³/mol. The molecule has 5 nitrogen and oxygen atoms in total. The van der Waals surface area contributed by atoms with Crippen LogP contribution < -0.4 is 9.47 Å². The molecule has 6 heteroatoms. The largest absolute Gasteiger partial charge is 0.494 e. The van der Waals surface area contributed by atoms with Crippen LogP contribution >= 0.6 is 0 Å². The summed E-state index contributed by atoms with van der Waals surface area (Å²) >= 11 is 0. The number of carbonyl (C=O) groups is 2. The minimum absolute atomic E-state index is 0.0183. The van der Waals surface area contributed by atoms with E-state index in [4.69, 9.17) is 14.2 Å². The SMILES string of the molecule is CCCCCCCCCCCCCCCCCCOc1ccc(C(=O)Oc2ccc(C(=O)OC[C@@H](C)CC)c(F)c2)cc1. The summed E-state index contributed by atoms with van der Waals surface area (Å²) in [5.74, 6) is -1.23. The van der Waals surface area contributed by atoms with Gasteiger partial charge in [-0.15, -0.1) is 0 Å². The van der Waals surface area contributed by atoms with Crippen molar-refractivity contribution in [2.75, 3.05) is 13.2 Å². The molecule has 0 spiro atoms. The molecule has 0 fully saturated rings. The molecule has 0 radical (unpaired) electrons. The maximum atomic E-state index is 14.5. The molecule has 0 aliphatic heterocycles. The molecule has 2 aromatic rings. The number of esters is 2. The molecule has 0 aromatic heterocycles. The summed E-state index contributed by atoms with van der Waals surface area (Å²) in [6, 6.07) is 10.4. The fourth-order valence-electron chi connectivity index (χ4n) is 4.83. The van der Waals surface area contributed by atoms with E-state index in [1.54, 1.807) is 24.3 Å².